The average molecular weight is 1900 g/mol. The van der Waals surface area contributed by atoms with Crippen LogP contribution in [0.5, 0.6) is 0 Å². The average Bonchev–Trinajstić information content (AvgIpc) is 1.55. The van der Waals surface area contributed by atoms with Gasteiger partial charge in [-0.3, -0.25) is 86.9 Å². The molecule has 2 saturated heterocycles. The van der Waals surface area contributed by atoms with Crippen LogP contribution in [0.3, 0.4) is 0 Å². The van der Waals surface area contributed by atoms with E-state index in [1.807, 2.05) is 26.0 Å². The number of nitrogens with one attached hydrogen (secondary N) is 16. The minimum Gasteiger partial charge on any atom is -0.370 e. The first-order valence-corrected chi connectivity index (χ1v) is 46.7. The van der Waals surface area contributed by atoms with Crippen molar-refractivity contribution < 1.29 is 81.5 Å². The van der Waals surface area contributed by atoms with Gasteiger partial charge >= 0.3 is 0 Å². The minimum atomic E-state index is -1.74. The molecule has 0 unspecified atom stereocenters. The standard InChI is InChI=1S/C92H128N26O17S/c1-10-12-30-72-85(129)107-63(29-21-33-99-92(95)96)81(125)113-71(80(124)102-46-76(94)120)48-136-49-78(122)106-68(36-54-23-15-14-16-24-54)88(132)115(7)53(5)79(123)110-70(41-75(93)119)90(134)118-34-22-32-73(118)86(130)109-66(40-58-45-98-51-104-58)84(128)111-67(35-52(3)4)87(131)114(6)47-77(121)105-64(37-55-42-100-61-27-19-17-25-59(55)61)82(126)108-65(39-57-44-97-50-103-57)83(127)112-69(38-56-43-101-62-28-20-18-26-60(56)62)89(133)117(9)74(31-13-11-2)91(135)116(72)8/h14-20,23-28,42-45,50-53,63-74,100-101H,10-13,21-22,29-41,46-49H2,1-9H3,(H2,93,119)(H2,94,120)(H,97,103)(H,98,104)(H,102,124)(H,105,121)(H,106,122)(H,107,129)(H,108,126)(H,109,130)(H,110,123)(H,111,128)(H,112,127)(H,113,125)(H4,95,96,99)/t53-,63-,64-,65-,66-,67-,68-,69-,70-,71-,72-,73-,74-/m0/s1. The summed E-state index contributed by atoms with van der Waals surface area (Å²) < 4.78 is 0. The van der Waals surface area contributed by atoms with Gasteiger partial charge in [-0.15, -0.1) is 11.8 Å². The number of benzene rings is 3. The van der Waals surface area contributed by atoms with Gasteiger partial charge < -0.3 is 120 Å². The maximum atomic E-state index is 16.0. The molecule has 2 aliphatic rings. The number of H-pyrrole nitrogens is 4. The highest BCUT2D eigenvalue weighted by molar-refractivity contribution is 8.00. The number of carbonyl (C=O) groups excluding carboxylic acids is 17. The molecule has 22 N–H and O–H groups in total. The number of hydrogen-bond acceptors (Lipinski definition) is 21. The molecule has 0 radical (unpaired) electrons. The number of aromatic amines is 4. The second-order valence-electron chi connectivity index (χ2n) is 34.8. The van der Waals surface area contributed by atoms with E-state index in [0.29, 0.717) is 75.6 Å². The van der Waals surface area contributed by atoms with Crippen molar-refractivity contribution in [2.24, 2.45) is 23.1 Å². The number of nitrogens with two attached hydrogens (primary N) is 3. The van der Waals surface area contributed by atoms with Crippen LogP contribution in [0, 0.1) is 11.3 Å². The van der Waals surface area contributed by atoms with Crippen molar-refractivity contribution in [2.45, 2.75) is 222 Å². The summed E-state index contributed by atoms with van der Waals surface area (Å²) in [6, 6.07) is 3.55. The number of unbranched alkanes of at least 4 members (excludes halogenated alkanes) is 2. The van der Waals surface area contributed by atoms with Crippen LogP contribution in [-0.2, 0) is 114 Å². The summed E-state index contributed by atoms with van der Waals surface area (Å²) >= 11 is 0.801. The summed E-state index contributed by atoms with van der Waals surface area (Å²) in [5, 5.41) is 39.0. The molecule has 9 rings (SSSR count). The van der Waals surface area contributed by atoms with Crippen molar-refractivity contribution in [3.05, 3.63) is 144 Å². The normalized spacial score (nSPS) is 23.2. The molecule has 2 fully saturated rings. The Morgan fingerprint density at radius 3 is 1.57 bits per heavy atom. The molecule has 0 bridgehead atoms. The monoisotopic (exact) mass is 1900 g/mol. The number of fused-ring (bicyclic) bond motifs is 3. The number of para-hydroxylation sites is 2. The number of hydrogen-bond donors (Lipinski definition) is 19. The van der Waals surface area contributed by atoms with Crippen molar-refractivity contribution in [3.63, 3.8) is 0 Å². The highest BCUT2D eigenvalue weighted by Gasteiger charge is 2.44. The summed E-state index contributed by atoms with van der Waals surface area (Å²) in [6.07, 6.45) is 8.78. The number of aromatic nitrogens is 6. The Morgan fingerprint density at radius 1 is 0.500 bits per heavy atom. The molecule has 2 aliphatic heterocycles. The van der Waals surface area contributed by atoms with Gasteiger partial charge in [0.15, 0.2) is 5.96 Å². The van der Waals surface area contributed by atoms with Gasteiger partial charge in [-0.05, 0) is 86.6 Å². The van der Waals surface area contributed by atoms with Crippen LogP contribution < -0.4 is 75.7 Å². The molecule has 0 saturated carbocycles. The molecule has 0 spiro atoms. The van der Waals surface area contributed by atoms with Crippen LogP contribution in [0.25, 0.3) is 21.8 Å². The number of primary amides is 2. The number of amides is 17. The van der Waals surface area contributed by atoms with Crippen molar-refractivity contribution in [2.75, 3.05) is 65.9 Å². The zero-order valence-electron chi connectivity index (χ0n) is 78.0. The highest BCUT2D eigenvalue weighted by Crippen LogP contribution is 2.27. The topological polar surface area (TPSA) is 630 Å². The molecule has 734 valence electrons. The Morgan fingerprint density at radius 2 is 1.01 bits per heavy atom. The molecular formula is C92H128N26O17S. The Labute approximate surface area is 791 Å². The van der Waals surface area contributed by atoms with Crippen molar-refractivity contribution in [3.8, 4) is 0 Å². The van der Waals surface area contributed by atoms with E-state index in [4.69, 9.17) is 22.6 Å². The highest BCUT2D eigenvalue weighted by atomic mass is 32.2. The first-order valence-electron chi connectivity index (χ1n) is 45.6. The van der Waals surface area contributed by atoms with E-state index in [2.05, 4.69) is 88.4 Å². The van der Waals surface area contributed by atoms with Crippen molar-refractivity contribution >= 4 is 140 Å². The number of imidazole rings is 2. The van der Waals surface area contributed by atoms with Gasteiger partial charge in [0.2, 0.25) is 100 Å². The SMILES string of the molecule is CCCC[C@H]1C(=O)N(C)[C@@H](CCCC)C(=O)N[C@@H](CCCNC(=N)N)C(=O)N[C@H](C(=O)NCC(N)=O)CSCC(=O)N[C@@H](Cc2ccccc2)C(=O)N(C)[C@@H](C)C(=O)N[C@@H](CC(N)=O)C(=O)N2CCC[C@H]2C(=O)N[C@@H](Cc2cnc[nH]2)C(=O)N[C@@H](CC(C)C)C(=O)N(C)CC(=O)N[C@@H](Cc2c[nH]c3ccccc23)C(=O)N[C@@H](Cc2cnc[nH]2)C(=O)N[C@@H](Cc2c[nH]c3ccccc23)C(=O)N1C. The van der Waals surface area contributed by atoms with Gasteiger partial charge in [-0.2, -0.15) is 0 Å². The first-order chi connectivity index (χ1) is 64.9. The molecule has 4 aromatic heterocycles. The Kier molecular flexibility index (Phi) is 39.8. The number of thioether (sulfide) groups is 1. The lowest BCUT2D eigenvalue weighted by atomic mass is 9.99. The lowest BCUT2D eigenvalue weighted by Crippen LogP contribution is -2.61. The maximum absolute atomic E-state index is 16.0. The third-order valence-electron chi connectivity index (χ3n) is 23.9. The molecule has 44 heteroatoms. The van der Waals surface area contributed by atoms with E-state index in [0.717, 1.165) is 26.5 Å². The molecule has 13 atom stereocenters. The van der Waals surface area contributed by atoms with Crippen LogP contribution in [0.15, 0.2) is 116 Å². The minimum absolute atomic E-state index is 0.00567. The molecule has 7 aromatic rings. The summed E-state index contributed by atoms with van der Waals surface area (Å²) in [6.45, 7) is 7.10. The Hall–Kier alpha value is -14.2. The van der Waals surface area contributed by atoms with Crippen LogP contribution in [0.1, 0.15) is 140 Å². The lowest BCUT2D eigenvalue weighted by Gasteiger charge is -2.36. The quantitative estimate of drug-likeness (QED) is 0.0164. The van der Waals surface area contributed by atoms with Crippen molar-refractivity contribution in [1.82, 2.24) is 113 Å². The zero-order chi connectivity index (χ0) is 99.0. The smallest absolute Gasteiger partial charge is 0.246 e. The fourth-order valence-corrected chi connectivity index (χ4v) is 17.3. The van der Waals surface area contributed by atoms with Crippen LogP contribution in [-0.4, -0.2) is 305 Å². The summed E-state index contributed by atoms with van der Waals surface area (Å²) in [4.78, 5) is 277. The second kappa shape index (κ2) is 51.3. The molecule has 6 heterocycles. The van der Waals surface area contributed by atoms with Crippen molar-refractivity contribution in [1.29, 1.82) is 5.41 Å². The predicted octanol–water partition coefficient (Wildman–Crippen LogP) is -1.16. The summed E-state index contributed by atoms with van der Waals surface area (Å²) in [7, 11) is 5.34. The van der Waals surface area contributed by atoms with E-state index in [1.165, 1.54) is 70.0 Å². The second-order valence-corrected chi connectivity index (χ2v) is 35.8. The van der Waals surface area contributed by atoms with E-state index in [1.54, 1.807) is 93.0 Å². The molecule has 0 aliphatic carbocycles. The number of likely N-dealkylation sites (N-methyl/N-ethyl adjacent to an activating group) is 4. The third kappa shape index (κ3) is 30.4. The van der Waals surface area contributed by atoms with Gasteiger partial charge in [0.1, 0.15) is 78.5 Å². The number of carbonyl (C=O) groups is 17. The molecule has 136 heavy (non-hydrogen) atoms. The third-order valence-corrected chi connectivity index (χ3v) is 25.0. The number of nitrogens with zero attached hydrogens (tertiary/aromatic N) is 7. The van der Waals surface area contributed by atoms with Crippen LogP contribution in [0.2, 0.25) is 0 Å². The van der Waals surface area contributed by atoms with Gasteiger partial charge in [0, 0.05) is 137 Å². The van der Waals surface area contributed by atoms with Gasteiger partial charge in [-0.25, -0.2) is 9.97 Å². The number of guanidine groups is 1. The van der Waals surface area contributed by atoms with E-state index in [-0.39, 0.29) is 96.1 Å². The first kappa shape index (κ1) is 105. The largest absolute Gasteiger partial charge is 0.370 e. The van der Waals surface area contributed by atoms with Crippen LogP contribution in [0.4, 0.5) is 0 Å². The predicted molar refractivity (Wildman–Crippen MR) is 505 cm³/mol. The lowest BCUT2D eigenvalue weighted by molar-refractivity contribution is -0.149. The van der Waals surface area contributed by atoms with Crippen LogP contribution >= 0.6 is 11.8 Å². The zero-order valence-corrected chi connectivity index (χ0v) is 78.8. The Bertz CT molecular complexity index is 5340. The number of rotatable bonds is 27. The van der Waals surface area contributed by atoms with Gasteiger partial charge in [0.05, 0.1) is 37.9 Å². The molecule has 43 nitrogen and oxygen atoms in total. The maximum Gasteiger partial charge on any atom is 0.246 e. The molecular weight excluding hydrogens is 1770 g/mol. The van der Waals surface area contributed by atoms with E-state index in [9.17, 15) is 47.9 Å². The summed E-state index contributed by atoms with van der Waals surface area (Å²) in [5.41, 5.74) is 20.6. The fourth-order valence-electron chi connectivity index (χ4n) is 16.4. The summed E-state index contributed by atoms with van der Waals surface area (Å²) in [5.74, 6) is -16.6. The molecule has 17 amide bonds. The Balaban J connectivity index is 1.10. The van der Waals surface area contributed by atoms with E-state index < -0.39 is 216 Å². The van der Waals surface area contributed by atoms with Gasteiger partial charge in [0.25, 0.3) is 0 Å². The van der Waals surface area contributed by atoms with Gasteiger partial charge in [-0.1, -0.05) is 120 Å². The fraction of sp³-hybridized carbons (Fsp3) is 0.500. The molecule has 3 aromatic carbocycles. The van der Waals surface area contributed by atoms with E-state index >= 15 is 33.6 Å².